The smallest absolute Gasteiger partial charge is 0.365 e. The van der Waals surface area contributed by atoms with Crippen LogP contribution in [-0.4, -0.2) is 47.1 Å². The predicted octanol–water partition coefficient (Wildman–Crippen LogP) is 1.66. The lowest BCUT2D eigenvalue weighted by Gasteiger charge is -2.17. The molecular weight excluding hydrogens is 250 g/mol. The average molecular weight is 271 g/mol. The van der Waals surface area contributed by atoms with Crippen LogP contribution in [-0.2, 0) is 6.54 Å². The molecule has 1 rings (SSSR count). The first-order valence-corrected chi connectivity index (χ1v) is 7.16. The molecule has 0 amide bonds. The Morgan fingerprint density at radius 3 is 2.78 bits per heavy atom. The van der Waals surface area contributed by atoms with Gasteiger partial charge in [0, 0.05) is 11.9 Å². The molecule has 0 aliphatic carbocycles. The quantitative estimate of drug-likeness (QED) is 0.669. The highest BCUT2D eigenvalue weighted by atomic mass is 32.1. The Morgan fingerprint density at radius 2 is 2.22 bits per heavy atom. The van der Waals surface area contributed by atoms with E-state index in [0.29, 0.717) is 6.54 Å². The molecule has 1 aromatic heterocycles. The van der Waals surface area contributed by atoms with Crippen molar-refractivity contribution in [2.24, 2.45) is 0 Å². The van der Waals surface area contributed by atoms with Gasteiger partial charge in [0.05, 0.1) is 5.69 Å². The third kappa shape index (κ3) is 5.12. The fourth-order valence-corrected chi connectivity index (χ4v) is 2.32. The fourth-order valence-electron chi connectivity index (χ4n) is 1.67. The van der Waals surface area contributed by atoms with Crippen LogP contribution in [0.25, 0.3) is 0 Å². The molecular formula is C12H21N3O2S. The minimum Gasteiger partial charge on any atom is -0.476 e. The van der Waals surface area contributed by atoms with Crippen LogP contribution in [0.1, 0.15) is 35.8 Å². The van der Waals surface area contributed by atoms with Gasteiger partial charge in [0.2, 0.25) is 5.01 Å². The molecule has 0 unspecified atom stereocenters. The van der Waals surface area contributed by atoms with E-state index in [1.807, 2.05) is 0 Å². The molecule has 1 aromatic rings. The second kappa shape index (κ2) is 8.18. The molecule has 0 aromatic carbocycles. The van der Waals surface area contributed by atoms with Crippen LogP contribution < -0.4 is 5.32 Å². The van der Waals surface area contributed by atoms with Crippen molar-refractivity contribution in [2.45, 2.75) is 26.8 Å². The standard InChI is InChI=1S/C12H21N3O2S/c1-3-15(4-2)7-5-6-13-8-10-9-18-11(14-10)12(16)17/h9,13H,3-8H2,1-2H3,(H,16,17). The van der Waals surface area contributed by atoms with Gasteiger partial charge in [-0.1, -0.05) is 13.8 Å². The number of carbonyl (C=O) groups is 1. The summed E-state index contributed by atoms with van der Waals surface area (Å²) >= 11 is 1.17. The monoisotopic (exact) mass is 271 g/mol. The number of hydrogen-bond donors (Lipinski definition) is 2. The van der Waals surface area contributed by atoms with Crippen LogP contribution in [0.4, 0.5) is 0 Å². The van der Waals surface area contributed by atoms with Gasteiger partial charge in [0.15, 0.2) is 0 Å². The van der Waals surface area contributed by atoms with E-state index in [0.717, 1.165) is 38.3 Å². The molecule has 18 heavy (non-hydrogen) atoms. The first-order chi connectivity index (χ1) is 8.67. The first kappa shape index (κ1) is 15.1. The van der Waals surface area contributed by atoms with Gasteiger partial charge in [-0.25, -0.2) is 9.78 Å². The number of aromatic nitrogens is 1. The number of nitrogens with one attached hydrogen (secondary N) is 1. The minimum atomic E-state index is -0.951. The molecule has 5 nitrogen and oxygen atoms in total. The number of thiazole rings is 1. The molecule has 0 aliphatic rings. The number of nitrogens with zero attached hydrogens (tertiary/aromatic N) is 2. The molecule has 0 spiro atoms. The molecule has 102 valence electrons. The van der Waals surface area contributed by atoms with Crippen molar-refractivity contribution < 1.29 is 9.90 Å². The lowest BCUT2D eigenvalue weighted by molar-refractivity contribution is 0.0696. The van der Waals surface area contributed by atoms with Gasteiger partial charge in [-0.2, -0.15) is 0 Å². The topological polar surface area (TPSA) is 65.5 Å². The zero-order valence-corrected chi connectivity index (χ0v) is 11.8. The van der Waals surface area contributed by atoms with Crippen molar-refractivity contribution in [3.8, 4) is 0 Å². The van der Waals surface area contributed by atoms with E-state index >= 15 is 0 Å². The van der Waals surface area contributed by atoms with E-state index in [1.54, 1.807) is 5.38 Å². The molecule has 6 heteroatoms. The van der Waals surface area contributed by atoms with Gasteiger partial charge in [0.1, 0.15) is 0 Å². The highest BCUT2D eigenvalue weighted by molar-refractivity contribution is 7.11. The molecule has 2 N–H and O–H groups in total. The second-order valence-electron chi connectivity index (χ2n) is 4.01. The van der Waals surface area contributed by atoms with Crippen molar-refractivity contribution in [2.75, 3.05) is 26.2 Å². The Hall–Kier alpha value is -0.980. The third-order valence-electron chi connectivity index (χ3n) is 2.76. The highest BCUT2D eigenvalue weighted by Crippen LogP contribution is 2.09. The van der Waals surface area contributed by atoms with Gasteiger partial charge < -0.3 is 15.3 Å². The largest absolute Gasteiger partial charge is 0.476 e. The fraction of sp³-hybridized carbons (Fsp3) is 0.667. The van der Waals surface area contributed by atoms with Crippen LogP contribution in [0.15, 0.2) is 5.38 Å². The molecule has 0 saturated heterocycles. The highest BCUT2D eigenvalue weighted by Gasteiger charge is 2.08. The molecule has 0 aliphatic heterocycles. The summed E-state index contributed by atoms with van der Waals surface area (Å²) in [6, 6.07) is 0. The van der Waals surface area contributed by atoms with E-state index in [2.05, 4.69) is 29.0 Å². The second-order valence-corrected chi connectivity index (χ2v) is 4.86. The van der Waals surface area contributed by atoms with Crippen LogP contribution >= 0.6 is 11.3 Å². The third-order valence-corrected chi connectivity index (χ3v) is 3.64. The van der Waals surface area contributed by atoms with Crippen molar-refractivity contribution in [3.05, 3.63) is 16.1 Å². The summed E-state index contributed by atoms with van der Waals surface area (Å²) < 4.78 is 0. The molecule has 0 bridgehead atoms. The SMILES string of the molecule is CCN(CC)CCCNCc1csc(C(=O)O)n1. The normalized spacial score (nSPS) is 11.1. The summed E-state index contributed by atoms with van der Waals surface area (Å²) in [6.07, 6.45) is 1.09. The van der Waals surface area contributed by atoms with E-state index in [9.17, 15) is 4.79 Å². The van der Waals surface area contributed by atoms with Crippen LogP contribution in [0.5, 0.6) is 0 Å². The number of hydrogen-bond acceptors (Lipinski definition) is 5. The Kier molecular flexibility index (Phi) is 6.85. The van der Waals surface area contributed by atoms with Gasteiger partial charge >= 0.3 is 5.97 Å². The Morgan fingerprint density at radius 1 is 1.50 bits per heavy atom. The van der Waals surface area contributed by atoms with Gasteiger partial charge in [-0.05, 0) is 32.6 Å². The zero-order chi connectivity index (χ0) is 13.4. The lowest BCUT2D eigenvalue weighted by atomic mass is 10.3. The van der Waals surface area contributed by atoms with E-state index in [1.165, 1.54) is 11.3 Å². The molecule has 0 atom stereocenters. The number of rotatable bonds is 9. The first-order valence-electron chi connectivity index (χ1n) is 6.28. The van der Waals surface area contributed by atoms with Crippen molar-refractivity contribution in [1.82, 2.24) is 15.2 Å². The summed E-state index contributed by atoms with van der Waals surface area (Å²) in [5.41, 5.74) is 0.806. The maximum Gasteiger partial charge on any atom is 0.365 e. The predicted molar refractivity (Wildman–Crippen MR) is 73.2 cm³/mol. The van der Waals surface area contributed by atoms with E-state index in [-0.39, 0.29) is 5.01 Å². The van der Waals surface area contributed by atoms with E-state index in [4.69, 9.17) is 5.11 Å². The van der Waals surface area contributed by atoms with E-state index < -0.39 is 5.97 Å². The van der Waals surface area contributed by atoms with Gasteiger partial charge in [-0.3, -0.25) is 0 Å². The summed E-state index contributed by atoms with van der Waals surface area (Å²) in [4.78, 5) is 17.1. The number of aromatic carboxylic acids is 1. The zero-order valence-electron chi connectivity index (χ0n) is 11.0. The maximum atomic E-state index is 10.7. The van der Waals surface area contributed by atoms with Gasteiger partial charge in [0.25, 0.3) is 0 Å². The average Bonchev–Trinajstić information content (AvgIpc) is 2.83. The molecule has 0 saturated carbocycles. The summed E-state index contributed by atoms with van der Waals surface area (Å²) in [6.45, 7) is 9.17. The molecule has 0 fully saturated rings. The Bertz CT molecular complexity index is 364. The summed E-state index contributed by atoms with van der Waals surface area (Å²) in [5.74, 6) is -0.951. The van der Waals surface area contributed by atoms with Crippen molar-refractivity contribution in [3.63, 3.8) is 0 Å². The van der Waals surface area contributed by atoms with Crippen LogP contribution in [0.2, 0.25) is 0 Å². The number of carboxylic acids is 1. The summed E-state index contributed by atoms with van der Waals surface area (Å²) in [7, 11) is 0. The minimum absolute atomic E-state index is 0.162. The maximum absolute atomic E-state index is 10.7. The van der Waals surface area contributed by atoms with Crippen LogP contribution in [0, 0.1) is 0 Å². The van der Waals surface area contributed by atoms with Crippen LogP contribution in [0.3, 0.4) is 0 Å². The molecule has 1 heterocycles. The van der Waals surface area contributed by atoms with Gasteiger partial charge in [-0.15, -0.1) is 11.3 Å². The Labute approximate surface area is 112 Å². The molecule has 0 radical (unpaired) electrons. The summed E-state index contributed by atoms with van der Waals surface area (Å²) in [5, 5.41) is 14.0. The number of carboxylic acid groups (broad SMARTS) is 1. The Balaban J connectivity index is 2.15. The van der Waals surface area contributed by atoms with Crippen molar-refractivity contribution in [1.29, 1.82) is 0 Å². The lowest BCUT2D eigenvalue weighted by Crippen LogP contribution is -2.27. The van der Waals surface area contributed by atoms with Crippen molar-refractivity contribution >= 4 is 17.3 Å².